The van der Waals surface area contributed by atoms with Gasteiger partial charge in [-0.05, 0) is 36.1 Å². The molecule has 0 heterocycles. The molecule has 7 nitrogen and oxygen atoms in total. The Morgan fingerprint density at radius 3 is 2.36 bits per heavy atom. The zero-order chi connectivity index (χ0) is 24.2. The summed E-state index contributed by atoms with van der Waals surface area (Å²) in [6, 6.07) is 18.8. The molecule has 0 bridgehead atoms. The second-order valence-corrected chi connectivity index (χ2v) is 10.1. The smallest absolute Gasteiger partial charge is 0.244 e. The van der Waals surface area contributed by atoms with Crippen molar-refractivity contribution in [1.82, 2.24) is 10.2 Å². The number of hydrogen-bond acceptors (Lipinski definition) is 4. The molecule has 174 valence electrons. The van der Waals surface area contributed by atoms with Crippen LogP contribution in [0, 0.1) is 0 Å². The molecule has 0 aromatic heterocycles. The van der Waals surface area contributed by atoms with Crippen LogP contribution in [0.25, 0.3) is 10.8 Å². The molecule has 9 heteroatoms. The fourth-order valence-electron chi connectivity index (χ4n) is 3.64. The third-order valence-corrected chi connectivity index (χ3v) is 6.73. The molecule has 2 amide bonds. The first-order valence-corrected chi connectivity index (χ1v) is 12.6. The summed E-state index contributed by atoms with van der Waals surface area (Å²) in [5.41, 5.74) is 1.13. The van der Waals surface area contributed by atoms with Gasteiger partial charge in [0.1, 0.15) is 12.6 Å². The van der Waals surface area contributed by atoms with Crippen LogP contribution in [0.2, 0.25) is 5.02 Å². The normalized spacial score (nSPS) is 12.2. The van der Waals surface area contributed by atoms with Gasteiger partial charge in [0, 0.05) is 24.0 Å². The van der Waals surface area contributed by atoms with E-state index >= 15 is 0 Å². The molecule has 0 aliphatic heterocycles. The molecule has 0 fully saturated rings. The monoisotopic (exact) mass is 487 g/mol. The molecule has 0 aliphatic carbocycles. The Morgan fingerprint density at radius 1 is 1.03 bits per heavy atom. The van der Waals surface area contributed by atoms with Gasteiger partial charge in [-0.1, -0.05) is 60.1 Å². The molecule has 0 spiro atoms. The number of nitrogens with one attached hydrogen (secondary N) is 1. The van der Waals surface area contributed by atoms with Gasteiger partial charge in [-0.15, -0.1) is 0 Å². The molecule has 1 atom stereocenters. The third-order valence-electron chi connectivity index (χ3n) is 5.37. The third kappa shape index (κ3) is 5.83. The number of carbonyl (C=O) groups is 2. The first kappa shape index (κ1) is 24.5. The van der Waals surface area contributed by atoms with E-state index in [9.17, 15) is 18.0 Å². The van der Waals surface area contributed by atoms with Crippen molar-refractivity contribution in [3.8, 4) is 0 Å². The Balaban J connectivity index is 2.00. The van der Waals surface area contributed by atoms with E-state index in [2.05, 4.69) is 5.32 Å². The highest BCUT2D eigenvalue weighted by atomic mass is 35.5. The van der Waals surface area contributed by atoms with Crippen molar-refractivity contribution < 1.29 is 18.0 Å². The maximum atomic E-state index is 13.5. The summed E-state index contributed by atoms with van der Waals surface area (Å²) in [6.07, 6.45) is 1.06. The Hall–Kier alpha value is -3.10. The van der Waals surface area contributed by atoms with Crippen LogP contribution in [0.4, 0.5) is 5.69 Å². The number of halogens is 1. The molecule has 0 saturated carbocycles. The van der Waals surface area contributed by atoms with Crippen LogP contribution in [0.3, 0.4) is 0 Å². The first-order valence-electron chi connectivity index (χ1n) is 10.3. The van der Waals surface area contributed by atoms with Crippen LogP contribution in [0.15, 0.2) is 66.7 Å². The minimum Gasteiger partial charge on any atom is -0.357 e. The van der Waals surface area contributed by atoms with E-state index in [-0.39, 0.29) is 12.5 Å². The van der Waals surface area contributed by atoms with E-state index in [1.54, 1.807) is 43.3 Å². The molecule has 0 saturated heterocycles. The van der Waals surface area contributed by atoms with Gasteiger partial charge in [-0.3, -0.25) is 13.9 Å². The number of fused-ring (bicyclic) bond motifs is 1. The summed E-state index contributed by atoms with van der Waals surface area (Å²) in [4.78, 5) is 27.2. The van der Waals surface area contributed by atoms with Gasteiger partial charge in [0.05, 0.1) is 11.9 Å². The summed E-state index contributed by atoms with van der Waals surface area (Å²) >= 11 is 6.09. The minimum atomic E-state index is -3.80. The Morgan fingerprint density at radius 2 is 1.70 bits per heavy atom. The van der Waals surface area contributed by atoms with Crippen molar-refractivity contribution in [3.05, 3.63) is 77.3 Å². The Kier molecular flexibility index (Phi) is 7.61. The lowest BCUT2D eigenvalue weighted by Gasteiger charge is -2.31. The van der Waals surface area contributed by atoms with Crippen molar-refractivity contribution in [1.29, 1.82) is 0 Å². The van der Waals surface area contributed by atoms with Crippen LogP contribution < -0.4 is 9.62 Å². The van der Waals surface area contributed by atoms with Gasteiger partial charge in [-0.25, -0.2) is 8.42 Å². The molecule has 3 aromatic carbocycles. The van der Waals surface area contributed by atoms with Crippen LogP contribution in [-0.4, -0.2) is 51.0 Å². The van der Waals surface area contributed by atoms with Crippen molar-refractivity contribution in [2.24, 2.45) is 0 Å². The number of benzene rings is 3. The maximum absolute atomic E-state index is 13.5. The number of rotatable bonds is 8. The Labute approximate surface area is 199 Å². The number of hydrogen-bond donors (Lipinski definition) is 1. The van der Waals surface area contributed by atoms with E-state index in [0.29, 0.717) is 16.1 Å². The number of anilines is 1. The largest absolute Gasteiger partial charge is 0.357 e. The van der Waals surface area contributed by atoms with Crippen molar-refractivity contribution >= 4 is 49.9 Å². The fourth-order valence-corrected chi connectivity index (χ4v) is 4.72. The summed E-state index contributed by atoms with van der Waals surface area (Å²) in [7, 11) is -2.32. The SMILES string of the molecule is CNC(=O)[C@@H](C)N(Cc1cccc(Cl)c1)C(=O)CN(c1cccc2ccccc12)S(C)(=O)=O. The van der Waals surface area contributed by atoms with E-state index in [0.717, 1.165) is 21.5 Å². The summed E-state index contributed by atoms with van der Waals surface area (Å²) in [5, 5.41) is 4.61. The summed E-state index contributed by atoms with van der Waals surface area (Å²) in [5.74, 6) is -0.870. The zero-order valence-corrected chi connectivity index (χ0v) is 20.2. The predicted octanol–water partition coefficient (Wildman–Crippen LogP) is 3.42. The highest BCUT2D eigenvalue weighted by Crippen LogP contribution is 2.28. The standard InChI is InChI=1S/C24H26ClN3O4S/c1-17(24(30)26-2)27(15-18-8-6-11-20(25)14-18)23(29)16-28(33(3,31)32)22-13-7-10-19-9-4-5-12-21(19)22/h4-14,17H,15-16H2,1-3H3,(H,26,30)/t17-/m1/s1. The lowest BCUT2D eigenvalue weighted by molar-refractivity contribution is -0.139. The van der Waals surface area contributed by atoms with Crippen LogP contribution in [0.5, 0.6) is 0 Å². The number of nitrogens with zero attached hydrogens (tertiary/aromatic N) is 2. The summed E-state index contributed by atoms with van der Waals surface area (Å²) < 4.78 is 26.6. The highest BCUT2D eigenvalue weighted by molar-refractivity contribution is 7.92. The van der Waals surface area contributed by atoms with E-state index in [4.69, 9.17) is 11.6 Å². The number of amides is 2. The average Bonchev–Trinajstić information content (AvgIpc) is 2.79. The van der Waals surface area contributed by atoms with Crippen molar-refractivity contribution in [2.45, 2.75) is 19.5 Å². The minimum absolute atomic E-state index is 0.0983. The predicted molar refractivity (Wildman–Crippen MR) is 132 cm³/mol. The van der Waals surface area contributed by atoms with Crippen LogP contribution in [-0.2, 0) is 26.2 Å². The van der Waals surface area contributed by atoms with Gasteiger partial charge in [0.2, 0.25) is 21.8 Å². The number of likely N-dealkylation sites (N-methyl/N-ethyl adjacent to an activating group) is 1. The van der Waals surface area contributed by atoms with Gasteiger partial charge < -0.3 is 10.2 Å². The second kappa shape index (κ2) is 10.2. The maximum Gasteiger partial charge on any atom is 0.244 e. The zero-order valence-electron chi connectivity index (χ0n) is 18.7. The lowest BCUT2D eigenvalue weighted by Crippen LogP contribution is -2.50. The first-order chi connectivity index (χ1) is 15.6. The molecule has 0 aliphatic rings. The second-order valence-electron chi connectivity index (χ2n) is 7.71. The topological polar surface area (TPSA) is 86.8 Å². The van der Waals surface area contributed by atoms with Crippen LogP contribution in [0.1, 0.15) is 12.5 Å². The quantitative estimate of drug-likeness (QED) is 0.527. The van der Waals surface area contributed by atoms with Gasteiger partial charge in [-0.2, -0.15) is 0 Å². The number of sulfonamides is 1. The van der Waals surface area contributed by atoms with Gasteiger partial charge >= 0.3 is 0 Å². The molecule has 3 rings (SSSR count). The summed E-state index contributed by atoms with van der Waals surface area (Å²) in [6.45, 7) is 1.25. The fraction of sp³-hybridized carbons (Fsp3) is 0.250. The van der Waals surface area contributed by atoms with Crippen molar-refractivity contribution in [2.75, 3.05) is 24.2 Å². The molecule has 33 heavy (non-hydrogen) atoms. The number of carbonyl (C=O) groups excluding carboxylic acids is 2. The molecular weight excluding hydrogens is 462 g/mol. The van der Waals surface area contributed by atoms with E-state index in [1.165, 1.54) is 11.9 Å². The Bertz CT molecular complexity index is 1270. The molecule has 3 aromatic rings. The average molecular weight is 488 g/mol. The molecule has 1 N–H and O–H groups in total. The lowest BCUT2D eigenvalue weighted by atomic mass is 10.1. The molecule has 0 radical (unpaired) electrons. The van der Waals surface area contributed by atoms with E-state index in [1.807, 2.05) is 30.3 Å². The van der Waals surface area contributed by atoms with Crippen molar-refractivity contribution in [3.63, 3.8) is 0 Å². The van der Waals surface area contributed by atoms with Gasteiger partial charge in [0.25, 0.3) is 0 Å². The molecule has 0 unspecified atom stereocenters. The molecular formula is C24H26ClN3O4S. The van der Waals surface area contributed by atoms with Crippen LogP contribution >= 0.6 is 11.6 Å². The van der Waals surface area contributed by atoms with E-state index < -0.39 is 28.5 Å². The highest BCUT2D eigenvalue weighted by Gasteiger charge is 2.30. The van der Waals surface area contributed by atoms with Gasteiger partial charge in [0.15, 0.2) is 0 Å².